The highest BCUT2D eigenvalue weighted by Crippen LogP contribution is 2.25. The molecule has 0 aliphatic rings. The van der Waals surface area contributed by atoms with E-state index in [1.807, 2.05) is 36.4 Å². The Morgan fingerprint density at radius 3 is 2.48 bits per heavy atom. The molecule has 1 heterocycles. The van der Waals surface area contributed by atoms with Gasteiger partial charge in [0.25, 0.3) is 5.91 Å². The summed E-state index contributed by atoms with van der Waals surface area (Å²) in [4.78, 5) is 20.7. The summed E-state index contributed by atoms with van der Waals surface area (Å²) in [6, 6.07) is 16.2. The number of hydrogen-bond donors (Lipinski definition) is 2. The third-order valence-corrected chi connectivity index (χ3v) is 3.96. The fourth-order valence-corrected chi connectivity index (χ4v) is 2.51. The third kappa shape index (κ3) is 5.58. The van der Waals surface area contributed by atoms with Gasteiger partial charge in [-0.3, -0.25) is 4.79 Å². The lowest BCUT2D eigenvalue weighted by Crippen LogP contribution is -2.29. The van der Waals surface area contributed by atoms with E-state index in [9.17, 15) is 4.79 Å². The molecule has 3 rings (SSSR count). The van der Waals surface area contributed by atoms with Crippen LogP contribution in [0.3, 0.4) is 0 Å². The van der Waals surface area contributed by atoms with Gasteiger partial charge in [-0.2, -0.15) is 0 Å². The Labute approximate surface area is 168 Å². The Bertz CT molecular complexity index is 947. The number of para-hydroxylation sites is 2. The minimum Gasteiger partial charge on any atom is -0.497 e. The molecule has 29 heavy (non-hydrogen) atoms. The summed E-state index contributed by atoms with van der Waals surface area (Å²) in [5, 5.41) is 5.83. The molecule has 2 N–H and O–H groups in total. The zero-order chi connectivity index (χ0) is 20.5. The highest BCUT2D eigenvalue weighted by Gasteiger charge is 2.10. The molecule has 0 bridgehead atoms. The molecule has 150 valence electrons. The largest absolute Gasteiger partial charge is 0.497 e. The second-order valence-corrected chi connectivity index (χ2v) is 5.87. The minimum atomic E-state index is -0.311. The zero-order valence-electron chi connectivity index (χ0n) is 16.2. The van der Waals surface area contributed by atoms with E-state index in [1.165, 1.54) is 6.20 Å². The lowest BCUT2D eigenvalue weighted by atomic mass is 10.3. The first-order chi connectivity index (χ1) is 14.2. The van der Waals surface area contributed by atoms with Crippen LogP contribution in [0.5, 0.6) is 17.2 Å². The molecule has 0 atom stereocenters. The second-order valence-electron chi connectivity index (χ2n) is 5.87. The van der Waals surface area contributed by atoms with Crippen LogP contribution < -0.4 is 24.8 Å². The van der Waals surface area contributed by atoms with E-state index in [2.05, 4.69) is 20.6 Å². The van der Waals surface area contributed by atoms with Gasteiger partial charge >= 0.3 is 0 Å². The van der Waals surface area contributed by atoms with Crippen LogP contribution in [-0.4, -0.2) is 43.2 Å². The van der Waals surface area contributed by atoms with Gasteiger partial charge in [0.1, 0.15) is 29.5 Å². The Balaban J connectivity index is 1.52. The Hall–Kier alpha value is -3.81. The first-order valence-electron chi connectivity index (χ1n) is 8.97. The topological polar surface area (TPSA) is 94.6 Å². The molecule has 1 aromatic heterocycles. The molecule has 1 amide bonds. The van der Waals surface area contributed by atoms with Gasteiger partial charge in [-0.15, -0.1) is 0 Å². The Morgan fingerprint density at radius 1 is 0.966 bits per heavy atom. The van der Waals surface area contributed by atoms with Gasteiger partial charge in [0.05, 0.1) is 26.5 Å². The minimum absolute atomic E-state index is 0.252. The fourth-order valence-electron chi connectivity index (χ4n) is 2.51. The molecule has 0 spiro atoms. The molecule has 3 aromatic rings. The monoisotopic (exact) mass is 394 g/mol. The Morgan fingerprint density at radius 2 is 1.72 bits per heavy atom. The maximum Gasteiger partial charge on any atom is 0.270 e. The molecule has 0 aliphatic carbocycles. The van der Waals surface area contributed by atoms with E-state index in [-0.39, 0.29) is 11.6 Å². The van der Waals surface area contributed by atoms with Crippen molar-refractivity contribution >= 4 is 17.5 Å². The van der Waals surface area contributed by atoms with Crippen molar-refractivity contribution in [3.63, 3.8) is 0 Å². The number of nitrogens with zero attached hydrogens (tertiary/aromatic N) is 2. The van der Waals surface area contributed by atoms with E-state index < -0.39 is 0 Å². The van der Waals surface area contributed by atoms with Crippen LogP contribution in [0.4, 0.5) is 11.6 Å². The standard InChI is InChI=1S/C21H22N4O4/c1-27-15-7-9-16(10-8-15)29-14-13-22-20(26)18-11-12-23-21(25-18)24-17-5-3-4-6-19(17)28-2/h3-12H,13-14H2,1-2H3,(H,22,26)(H,23,24,25). The van der Waals surface area contributed by atoms with E-state index in [0.717, 1.165) is 5.75 Å². The van der Waals surface area contributed by atoms with Crippen LogP contribution in [0.2, 0.25) is 0 Å². The highest BCUT2D eigenvalue weighted by molar-refractivity contribution is 5.92. The predicted octanol–water partition coefficient (Wildman–Crippen LogP) is 3.05. The number of nitrogens with one attached hydrogen (secondary N) is 2. The lowest BCUT2D eigenvalue weighted by Gasteiger charge is -2.10. The number of anilines is 2. The SMILES string of the molecule is COc1ccc(OCCNC(=O)c2ccnc(Nc3ccccc3OC)n2)cc1. The summed E-state index contributed by atoms with van der Waals surface area (Å²) >= 11 is 0. The zero-order valence-corrected chi connectivity index (χ0v) is 16.2. The summed E-state index contributed by atoms with van der Waals surface area (Å²) < 4.78 is 16.0. The summed E-state index contributed by atoms with van der Waals surface area (Å²) in [5.74, 6) is 2.10. The van der Waals surface area contributed by atoms with Gasteiger partial charge in [-0.25, -0.2) is 9.97 Å². The number of methoxy groups -OCH3 is 2. The lowest BCUT2D eigenvalue weighted by molar-refractivity contribution is 0.0942. The van der Waals surface area contributed by atoms with Crippen molar-refractivity contribution < 1.29 is 19.0 Å². The molecule has 0 radical (unpaired) electrons. The number of ether oxygens (including phenoxy) is 3. The van der Waals surface area contributed by atoms with Crippen LogP contribution in [0.1, 0.15) is 10.5 Å². The smallest absolute Gasteiger partial charge is 0.270 e. The second kappa shape index (κ2) is 9.93. The van der Waals surface area contributed by atoms with Crippen molar-refractivity contribution in [3.8, 4) is 17.2 Å². The molecule has 8 heteroatoms. The average Bonchev–Trinajstić information content (AvgIpc) is 2.77. The van der Waals surface area contributed by atoms with Gasteiger partial charge in [0.15, 0.2) is 0 Å². The number of aromatic nitrogens is 2. The van der Waals surface area contributed by atoms with E-state index in [1.54, 1.807) is 32.4 Å². The third-order valence-electron chi connectivity index (χ3n) is 3.96. The maximum atomic E-state index is 12.3. The number of amides is 1. The van der Waals surface area contributed by atoms with Crippen molar-refractivity contribution in [2.45, 2.75) is 0 Å². The maximum absolute atomic E-state index is 12.3. The van der Waals surface area contributed by atoms with Gasteiger partial charge in [0, 0.05) is 6.20 Å². The van der Waals surface area contributed by atoms with Gasteiger partial charge in [-0.05, 0) is 42.5 Å². The number of carbonyl (C=O) groups excluding carboxylic acids is 1. The van der Waals surface area contributed by atoms with Crippen molar-refractivity contribution in [1.29, 1.82) is 0 Å². The van der Waals surface area contributed by atoms with Crippen molar-refractivity contribution in [2.75, 3.05) is 32.7 Å². The number of hydrogen-bond acceptors (Lipinski definition) is 7. The normalized spacial score (nSPS) is 10.1. The molecular formula is C21H22N4O4. The van der Waals surface area contributed by atoms with Crippen molar-refractivity contribution in [3.05, 3.63) is 66.5 Å². The summed E-state index contributed by atoms with van der Waals surface area (Å²) in [6.07, 6.45) is 1.52. The molecule has 8 nitrogen and oxygen atoms in total. The predicted molar refractivity (Wildman–Crippen MR) is 109 cm³/mol. The Kier molecular flexibility index (Phi) is 6.83. The number of benzene rings is 2. The summed E-state index contributed by atoms with van der Waals surface area (Å²) in [7, 11) is 3.19. The van der Waals surface area contributed by atoms with Gasteiger partial charge in [-0.1, -0.05) is 12.1 Å². The van der Waals surface area contributed by atoms with Crippen LogP contribution in [0.25, 0.3) is 0 Å². The van der Waals surface area contributed by atoms with Crippen LogP contribution in [0, 0.1) is 0 Å². The van der Waals surface area contributed by atoms with Gasteiger partial charge in [0.2, 0.25) is 5.95 Å². The first-order valence-corrected chi connectivity index (χ1v) is 8.97. The average molecular weight is 394 g/mol. The molecule has 0 fully saturated rings. The molecule has 0 saturated heterocycles. The van der Waals surface area contributed by atoms with Crippen LogP contribution >= 0.6 is 0 Å². The number of carbonyl (C=O) groups is 1. The quantitative estimate of drug-likeness (QED) is 0.539. The molecule has 0 saturated carbocycles. The van der Waals surface area contributed by atoms with Crippen molar-refractivity contribution in [1.82, 2.24) is 15.3 Å². The molecule has 2 aromatic carbocycles. The molecule has 0 unspecified atom stereocenters. The van der Waals surface area contributed by atoms with Gasteiger partial charge < -0.3 is 24.8 Å². The van der Waals surface area contributed by atoms with Crippen LogP contribution in [0.15, 0.2) is 60.8 Å². The summed E-state index contributed by atoms with van der Waals surface area (Å²) in [6.45, 7) is 0.666. The first kappa shape index (κ1) is 19.9. The van der Waals surface area contributed by atoms with E-state index >= 15 is 0 Å². The summed E-state index contributed by atoms with van der Waals surface area (Å²) in [5.41, 5.74) is 0.960. The highest BCUT2D eigenvalue weighted by atomic mass is 16.5. The van der Waals surface area contributed by atoms with E-state index in [0.29, 0.717) is 36.3 Å². The van der Waals surface area contributed by atoms with Crippen LogP contribution in [-0.2, 0) is 0 Å². The number of rotatable bonds is 9. The van der Waals surface area contributed by atoms with Crippen molar-refractivity contribution in [2.24, 2.45) is 0 Å². The molecular weight excluding hydrogens is 372 g/mol. The van der Waals surface area contributed by atoms with E-state index in [4.69, 9.17) is 14.2 Å². The molecule has 0 aliphatic heterocycles. The fraction of sp³-hybridized carbons (Fsp3) is 0.190.